The van der Waals surface area contributed by atoms with Crippen LogP contribution in [0.1, 0.15) is 33.6 Å². The van der Waals surface area contributed by atoms with E-state index in [2.05, 4.69) is 36.3 Å². The number of carbonyl (C=O) groups is 1. The molecule has 1 fully saturated rings. The standard InChI is InChI=1S/C13H27N3O/c1-4-16(5-2)11-10-15-12(17)13(3)6-8-14-9-7-13/h14H,4-11H2,1-3H3,(H,15,17). The molecule has 1 aliphatic heterocycles. The molecule has 0 radical (unpaired) electrons. The zero-order chi connectivity index (χ0) is 12.7. The molecule has 1 rings (SSSR count). The summed E-state index contributed by atoms with van der Waals surface area (Å²) in [5.41, 5.74) is -0.158. The summed E-state index contributed by atoms with van der Waals surface area (Å²) in [6.45, 7) is 12.1. The number of carbonyl (C=O) groups excluding carboxylic acids is 1. The van der Waals surface area contributed by atoms with Gasteiger partial charge in [-0.1, -0.05) is 20.8 Å². The van der Waals surface area contributed by atoms with Gasteiger partial charge < -0.3 is 15.5 Å². The number of nitrogens with one attached hydrogen (secondary N) is 2. The second-order valence-corrected chi connectivity index (χ2v) is 5.09. The smallest absolute Gasteiger partial charge is 0.226 e. The van der Waals surface area contributed by atoms with Gasteiger partial charge in [0, 0.05) is 18.5 Å². The average molecular weight is 241 g/mol. The minimum Gasteiger partial charge on any atom is -0.354 e. The van der Waals surface area contributed by atoms with E-state index in [9.17, 15) is 4.79 Å². The van der Waals surface area contributed by atoms with E-state index in [1.807, 2.05) is 0 Å². The zero-order valence-corrected chi connectivity index (χ0v) is 11.5. The van der Waals surface area contributed by atoms with Crippen LogP contribution in [0.2, 0.25) is 0 Å². The van der Waals surface area contributed by atoms with Crippen LogP contribution < -0.4 is 10.6 Å². The largest absolute Gasteiger partial charge is 0.354 e. The van der Waals surface area contributed by atoms with Gasteiger partial charge >= 0.3 is 0 Å². The third kappa shape index (κ3) is 4.28. The maximum atomic E-state index is 12.1. The molecule has 4 nitrogen and oxygen atoms in total. The maximum Gasteiger partial charge on any atom is 0.226 e. The van der Waals surface area contributed by atoms with E-state index < -0.39 is 0 Å². The molecule has 1 amide bonds. The molecule has 0 spiro atoms. The first kappa shape index (κ1) is 14.5. The highest BCUT2D eigenvalue weighted by Crippen LogP contribution is 2.27. The SMILES string of the molecule is CCN(CC)CCNC(=O)C1(C)CCNCC1. The van der Waals surface area contributed by atoms with Gasteiger partial charge in [0.05, 0.1) is 0 Å². The summed E-state index contributed by atoms with van der Waals surface area (Å²) < 4.78 is 0. The van der Waals surface area contributed by atoms with Crippen molar-refractivity contribution in [3.05, 3.63) is 0 Å². The molecule has 0 aliphatic carbocycles. The number of piperidine rings is 1. The molecule has 1 heterocycles. The van der Waals surface area contributed by atoms with Crippen LogP contribution in [0.3, 0.4) is 0 Å². The highest BCUT2D eigenvalue weighted by atomic mass is 16.2. The summed E-state index contributed by atoms with van der Waals surface area (Å²) in [5, 5.41) is 6.38. The molecule has 0 unspecified atom stereocenters. The third-order valence-electron chi connectivity index (χ3n) is 3.86. The lowest BCUT2D eigenvalue weighted by Crippen LogP contribution is -2.47. The summed E-state index contributed by atoms with van der Waals surface area (Å²) in [4.78, 5) is 14.4. The fourth-order valence-electron chi connectivity index (χ4n) is 2.29. The highest BCUT2D eigenvalue weighted by Gasteiger charge is 2.34. The molecule has 4 heteroatoms. The van der Waals surface area contributed by atoms with Crippen molar-refractivity contribution in [2.45, 2.75) is 33.6 Å². The first-order valence-corrected chi connectivity index (χ1v) is 6.83. The van der Waals surface area contributed by atoms with Gasteiger partial charge in [0.2, 0.25) is 5.91 Å². The first-order chi connectivity index (χ1) is 8.12. The molecular formula is C13H27N3O. The molecule has 0 aromatic carbocycles. The van der Waals surface area contributed by atoms with Crippen molar-refractivity contribution in [3.8, 4) is 0 Å². The Hall–Kier alpha value is -0.610. The Labute approximate surface area is 105 Å². The fourth-order valence-corrected chi connectivity index (χ4v) is 2.29. The van der Waals surface area contributed by atoms with Crippen LogP contribution in [0.5, 0.6) is 0 Å². The number of rotatable bonds is 6. The van der Waals surface area contributed by atoms with Gasteiger partial charge in [0.1, 0.15) is 0 Å². The van der Waals surface area contributed by atoms with Crippen molar-refractivity contribution in [2.24, 2.45) is 5.41 Å². The van der Waals surface area contributed by atoms with Crippen LogP contribution in [-0.2, 0) is 4.79 Å². The summed E-state index contributed by atoms with van der Waals surface area (Å²) in [5.74, 6) is 0.228. The Morgan fingerprint density at radius 3 is 2.41 bits per heavy atom. The van der Waals surface area contributed by atoms with Crippen molar-refractivity contribution >= 4 is 5.91 Å². The van der Waals surface area contributed by atoms with Crippen molar-refractivity contribution < 1.29 is 4.79 Å². The molecule has 0 saturated carbocycles. The third-order valence-corrected chi connectivity index (χ3v) is 3.86. The minimum atomic E-state index is -0.158. The molecule has 0 atom stereocenters. The molecular weight excluding hydrogens is 214 g/mol. The second-order valence-electron chi connectivity index (χ2n) is 5.09. The highest BCUT2D eigenvalue weighted by molar-refractivity contribution is 5.82. The first-order valence-electron chi connectivity index (χ1n) is 6.83. The van der Waals surface area contributed by atoms with Crippen LogP contribution in [-0.4, -0.2) is 50.1 Å². The number of hydrogen-bond acceptors (Lipinski definition) is 3. The van der Waals surface area contributed by atoms with Gasteiger partial charge in [0.15, 0.2) is 0 Å². The maximum absolute atomic E-state index is 12.1. The van der Waals surface area contributed by atoms with Crippen LogP contribution in [0, 0.1) is 5.41 Å². The molecule has 1 aliphatic rings. The molecule has 0 bridgehead atoms. The van der Waals surface area contributed by atoms with Crippen LogP contribution in [0.4, 0.5) is 0 Å². The molecule has 0 aromatic rings. The monoisotopic (exact) mass is 241 g/mol. The molecule has 100 valence electrons. The number of likely N-dealkylation sites (N-methyl/N-ethyl adjacent to an activating group) is 1. The van der Waals surface area contributed by atoms with Crippen molar-refractivity contribution in [2.75, 3.05) is 39.3 Å². The van der Waals surface area contributed by atoms with Crippen LogP contribution >= 0.6 is 0 Å². The summed E-state index contributed by atoms with van der Waals surface area (Å²) >= 11 is 0. The Balaban J connectivity index is 2.28. The van der Waals surface area contributed by atoms with Gasteiger partial charge in [-0.2, -0.15) is 0 Å². The molecule has 0 aromatic heterocycles. The Morgan fingerprint density at radius 2 is 1.88 bits per heavy atom. The normalized spacial score (nSPS) is 19.3. The van der Waals surface area contributed by atoms with E-state index in [4.69, 9.17) is 0 Å². The van der Waals surface area contributed by atoms with E-state index in [1.54, 1.807) is 0 Å². The zero-order valence-electron chi connectivity index (χ0n) is 11.5. The Bertz CT molecular complexity index is 233. The van der Waals surface area contributed by atoms with Crippen molar-refractivity contribution in [3.63, 3.8) is 0 Å². The Morgan fingerprint density at radius 1 is 1.29 bits per heavy atom. The Kier molecular flexibility index (Phi) is 5.92. The van der Waals surface area contributed by atoms with E-state index in [0.717, 1.165) is 52.1 Å². The van der Waals surface area contributed by atoms with Crippen LogP contribution in [0.25, 0.3) is 0 Å². The van der Waals surface area contributed by atoms with Gasteiger partial charge in [-0.3, -0.25) is 4.79 Å². The molecule has 2 N–H and O–H groups in total. The van der Waals surface area contributed by atoms with Crippen LogP contribution in [0.15, 0.2) is 0 Å². The predicted molar refractivity (Wildman–Crippen MR) is 71.0 cm³/mol. The summed E-state index contributed by atoms with van der Waals surface area (Å²) in [6.07, 6.45) is 1.90. The number of hydrogen-bond donors (Lipinski definition) is 2. The van der Waals surface area contributed by atoms with Crippen molar-refractivity contribution in [1.29, 1.82) is 0 Å². The lowest BCUT2D eigenvalue weighted by molar-refractivity contribution is -0.131. The lowest BCUT2D eigenvalue weighted by atomic mass is 9.80. The quantitative estimate of drug-likeness (QED) is 0.724. The van der Waals surface area contributed by atoms with Gasteiger partial charge in [-0.15, -0.1) is 0 Å². The predicted octanol–water partition coefficient (Wildman–Crippen LogP) is 0.834. The van der Waals surface area contributed by atoms with E-state index in [-0.39, 0.29) is 11.3 Å². The summed E-state index contributed by atoms with van der Waals surface area (Å²) in [7, 11) is 0. The molecule has 1 saturated heterocycles. The fraction of sp³-hybridized carbons (Fsp3) is 0.923. The number of nitrogens with zero attached hydrogens (tertiary/aromatic N) is 1. The second kappa shape index (κ2) is 6.97. The summed E-state index contributed by atoms with van der Waals surface area (Å²) in [6, 6.07) is 0. The average Bonchev–Trinajstić information content (AvgIpc) is 2.35. The topological polar surface area (TPSA) is 44.4 Å². The van der Waals surface area contributed by atoms with E-state index >= 15 is 0 Å². The van der Waals surface area contributed by atoms with E-state index in [1.165, 1.54) is 0 Å². The lowest BCUT2D eigenvalue weighted by Gasteiger charge is -2.32. The minimum absolute atomic E-state index is 0.158. The van der Waals surface area contributed by atoms with Gasteiger partial charge in [-0.25, -0.2) is 0 Å². The van der Waals surface area contributed by atoms with E-state index in [0.29, 0.717) is 0 Å². The van der Waals surface area contributed by atoms with Crippen molar-refractivity contribution in [1.82, 2.24) is 15.5 Å². The number of amides is 1. The molecule has 17 heavy (non-hydrogen) atoms. The van der Waals surface area contributed by atoms with Gasteiger partial charge in [-0.05, 0) is 39.0 Å². The van der Waals surface area contributed by atoms with Gasteiger partial charge in [0.25, 0.3) is 0 Å².